The minimum Gasteiger partial charge on any atom is -0.376 e. The Labute approximate surface area is 145 Å². The van der Waals surface area contributed by atoms with Crippen LogP contribution in [0.15, 0.2) is 24.3 Å². The molecular weight excluding hydrogens is 326 g/mol. The first-order valence-electron chi connectivity index (χ1n) is 8.34. The maximum Gasteiger partial charge on any atom is 0.254 e. The fourth-order valence-electron chi connectivity index (χ4n) is 3.14. The van der Waals surface area contributed by atoms with Gasteiger partial charge in [0.05, 0.1) is 36.6 Å². The highest BCUT2D eigenvalue weighted by atomic mass is 32.1. The fourth-order valence-corrected chi connectivity index (χ4v) is 4.15. The molecule has 0 N–H and O–H groups in total. The van der Waals surface area contributed by atoms with E-state index < -0.39 is 6.10 Å². The van der Waals surface area contributed by atoms with Crippen molar-refractivity contribution in [2.24, 2.45) is 0 Å². The molecule has 0 radical (unpaired) electrons. The van der Waals surface area contributed by atoms with Crippen molar-refractivity contribution in [2.45, 2.75) is 12.6 Å². The van der Waals surface area contributed by atoms with E-state index in [9.17, 15) is 4.79 Å². The van der Waals surface area contributed by atoms with Crippen LogP contribution in [0.3, 0.4) is 0 Å². The van der Waals surface area contributed by atoms with E-state index in [1.165, 1.54) is 4.70 Å². The van der Waals surface area contributed by atoms with Gasteiger partial charge in [-0.05, 0) is 12.1 Å². The molecule has 1 amide bonds. The molecule has 2 aromatic rings. The van der Waals surface area contributed by atoms with Crippen LogP contribution in [0.2, 0.25) is 0 Å². The van der Waals surface area contributed by atoms with Crippen LogP contribution in [0.25, 0.3) is 10.2 Å². The lowest BCUT2D eigenvalue weighted by molar-refractivity contribution is -0.159. The number of piperazine rings is 1. The number of hydrogen-bond acceptors (Lipinski definition) is 6. The Morgan fingerprint density at radius 2 is 2.04 bits per heavy atom. The predicted molar refractivity (Wildman–Crippen MR) is 92.0 cm³/mol. The molecule has 2 saturated heterocycles. The summed E-state index contributed by atoms with van der Waals surface area (Å²) in [6, 6.07) is 8.23. The summed E-state index contributed by atoms with van der Waals surface area (Å²) in [5.41, 5.74) is 1.07. The number of fused-ring (bicyclic) bond motifs is 1. The number of thiazole rings is 1. The van der Waals surface area contributed by atoms with Gasteiger partial charge >= 0.3 is 0 Å². The van der Waals surface area contributed by atoms with Crippen molar-refractivity contribution in [3.05, 3.63) is 29.3 Å². The zero-order valence-corrected chi connectivity index (χ0v) is 14.3. The second-order valence-electron chi connectivity index (χ2n) is 6.11. The van der Waals surface area contributed by atoms with Crippen LogP contribution in [0, 0.1) is 0 Å². The van der Waals surface area contributed by atoms with Crippen molar-refractivity contribution in [1.29, 1.82) is 0 Å². The summed E-state index contributed by atoms with van der Waals surface area (Å²) >= 11 is 1.75. The average Bonchev–Trinajstić information content (AvgIpc) is 3.05. The van der Waals surface area contributed by atoms with Gasteiger partial charge in [-0.1, -0.05) is 12.1 Å². The smallest absolute Gasteiger partial charge is 0.254 e. The van der Waals surface area contributed by atoms with E-state index in [1.807, 2.05) is 17.0 Å². The van der Waals surface area contributed by atoms with Gasteiger partial charge < -0.3 is 14.4 Å². The quantitative estimate of drug-likeness (QED) is 0.839. The largest absolute Gasteiger partial charge is 0.376 e. The van der Waals surface area contributed by atoms with Crippen LogP contribution in [0.1, 0.15) is 5.01 Å². The molecule has 2 aliphatic heterocycles. The third kappa shape index (κ3) is 3.44. The Bertz CT molecular complexity index is 673. The molecule has 0 unspecified atom stereocenters. The molecular formula is C17H21N3O3S. The highest BCUT2D eigenvalue weighted by molar-refractivity contribution is 7.18. The monoisotopic (exact) mass is 347 g/mol. The van der Waals surface area contributed by atoms with Crippen molar-refractivity contribution in [2.75, 3.05) is 46.0 Å². The van der Waals surface area contributed by atoms with Crippen molar-refractivity contribution in [1.82, 2.24) is 14.8 Å². The maximum absolute atomic E-state index is 12.4. The first kappa shape index (κ1) is 16.0. The summed E-state index contributed by atoms with van der Waals surface area (Å²) in [5, 5.41) is 1.14. The average molecular weight is 347 g/mol. The molecule has 0 saturated carbocycles. The van der Waals surface area contributed by atoms with Gasteiger partial charge in [-0.3, -0.25) is 9.69 Å². The van der Waals surface area contributed by atoms with Crippen LogP contribution in [-0.2, 0) is 20.8 Å². The lowest BCUT2D eigenvalue weighted by Gasteiger charge is -2.36. The molecule has 1 atom stereocenters. The molecule has 6 nitrogen and oxygen atoms in total. The molecule has 0 spiro atoms. The molecule has 128 valence electrons. The van der Waals surface area contributed by atoms with Gasteiger partial charge in [-0.15, -0.1) is 11.3 Å². The van der Waals surface area contributed by atoms with E-state index in [1.54, 1.807) is 11.3 Å². The third-order valence-electron chi connectivity index (χ3n) is 4.47. The third-order valence-corrected chi connectivity index (χ3v) is 5.49. The van der Waals surface area contributed by atoms with Gasteiger partial charge in [0.25, 0.3) is 5.91 Å². The van der Waals surface area contributed by atoms with Crippen LogP contribution in [0.5, 0.6) is 0 Å². The van der Waals surface area contributed by atoms with E-state index in [-0.39, 0.29) is 5.91 Å². The van der Waals surface area contributed by atoms with Crippen LogP contribution in [-0.4, -0.2) is 72.8 Å². The standard InChI is InChI=1S/C17H21N3O3S/c21-17(14-12-22-9-10-23-14)20-7-5-19(6-8-20)11-16-18-13-3-1-2-4-15(13)24-16/h1-4,14H,5-12H2/t14-/m0/s1. The number of amides is 1. The van der Waals surface area contributed by atoms with Gasteiger partial charge in [0.15, 0.2) is 6.10 Å². The van der Waals surface area contributed by atoms with Gasteiger partial charge in [-0.25, -0.2) is 4.98 Å². The summed E-state index contributed by atoms with van der Waals surface area (Å²) < 4.78 is 12.1. The Balaban J connectivity index is 1.31. The SMILES string of the molecule is O=C([C@@H]1COCCO1)N1CCN(Cc2nc3ccccc3s2)CC1. The fraction of sp³-hybridized carbons (Fsp3) is 0.529. The first-order chi connectivity index (χ1) is 11.8. The van der Waals surface area contributed by atoms with E-state index >= 15 is 0 Å². The molecule has 24 heavy (non-hydrogen) atoms. The minimum absolute atomic E-state index is 0.0642. The minimum atomic E-state index is -0.422. The van der Waals surface area contributed by atoms with E-state index in [4.69, 9.17) is 14.5 Å². The van der Waals surface area contributed by atoms with Gasteiger partial charge in [0.1, 0.15) is 5.01 Å². The molecule has 2 aliphatic rings. The lowest BCUT2D eigenvalue weighted by Crippen LogP contribution is -2.53. The summed E-state index contributed by atoms with van der Waals surface area (Å²) in [6.07, 6.45) is -0.422. The molecule has 7 heteroatoms. The molecule has 0 bridgehead atoms. The molecule has 1 aromatic heterocycles. The van der Waals surface area contributed by atoms with Crippen LogP contribution in [0.4, 0.5) is 0 Å². The highest BCUT2D eigenvalue weighted by Gasteiger charge is 2.30. The second kappa shape index (κ2) is 7.14. The van der Waals surface area contributed by atoms with E-state index in [2.05, 4.69) is 17.0 Å². The molecule has 3 heterocycles. The number of aromatic nitrogens is 1. The van der Waals surface area contributed by atoms with Crippen LogP contribution >= 0.6 is 11.3 Å². The number of nitrogens with zero attached hydrogens (tertiary/aromatic N) is 3. The number of benzene rings is 1. The summed E-state index contributed by atoms with van der Waals surface area (Å²) in [5.74, 6) is 0.0642. The maximum atomic E-state index is 12.4. The molecule has 2 fully saturated rings. The Hall–Kier alpha value is -1.54. The highest BCUT2D eigenvalue weighted by Crippen LogP contribution is 2.23. The first-order valence-corrected chi connectivity index (χ1v) is 9.16. The molecule has 0 aliphatic carbocycles. The number of hydrogen-bond donors (Lipinski definition) is 0. The number of ether oxygens (including phenoxy) is 2. The summed E-state index contributed by atoms with van der Waals surface area (Å²) in [7, 11) is 0. The van der Waals surface area contributed by atoms with Gasteiger partial charge in [-0.2, -0.15) is 0 Å². The summed E-state index contributed by atoms with van der Waals surface area (Å²) in [4.78, 5) is 21.4. The van der Waals surface area contributed by atoms with E-state index in [0.29, 0.717) is 19.8 Å². The zero-order chi connectivity index (χ0) is 16.4. The number of rotatable bonds is 3. The number of para-hydroxylation sites is 1. The van der Waals surface area contributed by atoms with Crippen LogP contribution < -0.4 is 0 Å². The van der Waals surface area contributed by atoms with Gasteiger partial charge in [0.2, 0.25) is 0 Å². The lowest BCUT2D eigenvalue weighted by atomic mass is 10.2. The molecule has 1 aromatic carbocycles. The van der Waals surface area contributed by atoms with E-state index in [0.717, 1.165) is 43.2 Å². The van der Waals surface area contributed by atoms with Crippen molar-refractivity contribution in [3.8, 4) is 0 Å². The Kier molecular flexibility index (Phi) is 4.75. The van der Waals surface area contributed by atoms with Crippen molar-refractivity contribution >= 4 is 27.5 Å². The zero-order valence-electron chi connectivity index (χ0n) is 13.5. The number of carbonyl (C=O) groups excluding carboxylic acids is 1. The van der Waals surface area contributed by atoms with Crippen molar-refractivity contribution < 1.29 is 14.3 Å². The van der Waals surface area contributed by atoms with Crippen molar-refractivity contribution in [3.63, 3.8) is 0 Å². The summed E-state index contributed by atoms with van der Waals surface area (Å²) in [6.45, 7) is 5.54. The second-order valence-corrected chi connectivity index (χ2v) is 7.23. The normalized spacial score (nSPS) is 22.8. The Morgan fingerprint density at radius 3 is 2.79 bits per heavy atom. The number of carbonyl (C=O) groups is 1. The Morgan fingerprint density at radius 1 is 1.21 bits per heavy atom. The topological polar surface area (TPSA) is 54.9 Å². The van der Waals surface area contributed by atoms with Gasteiger partial charge in [0, 0.05) is 26.2 Å². The predicted octanol–water partition coefficient (Wildman–Crippen LogP) is 1.36. The molecule has 4 rings (SSSR count).